The van der Waals surface area contributed by atoms with Gasteiger partial charge < -0.3 is 10.2 Å². The number of nitrogens with two attached hydrogens (primary N) is 1. The van der Waals surface area contributed by atoms with Crippen molar-refractivity contribution >= 4 is 11.0 Å². The van der Waals surface area contributed by atoms with Crippen molar-refractivity contribution in [1.29, 1.82) is 0 Å². The van der Waals surface area contributed by atoms with Gasteiger partial charge in [0.15, 0.2) is 0 Å². The number of hydrogen-bond acceptors (Lipinski definition) is 4. The van der Waals surface area contributed by atoms with E-state index in [-0.39, 0.29) is 11.0 Å². The summed E-state index contributed by atoms with van der Waals surface area (Å²) in [5.74, 6) is 0.563. The molecule has 2 N–H and O–H groups in total. The fourth-order valence-corrected chi connectivity index (χ4v) is 4.84. The lowest BCUT2D eigenvalue weighted by Gasteiger charge is -2.38. The summed E-state index contributed by atoms with van der Waals surface area (Å²) >= 11 is 0. The highest BCUT2D eigenvalue weighted by molar-refractivity contribution is 5.96. The number of aromatic nitrogens is 1. The Hall–Kier alpha value is -4.02. The molecule has 6 rings (SSSR count). The van der Waals surface area contributed by atoms with E-state index in [9.17, 15) is 4.79 Å². The van der Waals surface area contributed by atoms with Crippen LogP contribution >= 0.6 is 0 Å². The van der Waals surface area contributed by atoms with Gasteiger partial charge in [0.25, 0.3) is 0 Å². The Morgan fingerprint density at radius 1 is 0.794 bits per heavy atom. The minimum Gasteiger partial charge on any atom is -0.455 e. The molecule has 166 valence electrons. The van der Waals surface area contributed by atoms with Gasteiger partial charge in [-0.1, -0.05) is 72.8 Å². The van der Waals surface area contributed by atoms with Crippen LogP contribution < -0.4 is 11.2 Å². The molecule has 0 amide bonds. The van der Waals surface area contributed by atoms with Gasteiger partial charge >= 0.3 is 0 Å². The van der Waals surface area contributed by atoms with Gasteiger partial charge in [-0.25, -0.2) is 0 Å². The molecule has 0 aliphatic heterocycles. The van der Waals surface area contributed by atoms with Crippen LogP contribution in [0.4, 0.5) is 0 Å². The topological polar surface area (TPSA) is 69.1 Å². The first-order valence-electron chi connectivity index (χ1n) is 11.6. The van der Waals surface area contributed by atoms with Crippen LogP contribution in [0.2, 0.25) is 0 Å². The van der Waals surface area contributed by atoms with Crippen LogP contribution in [-0.4, -0.2) is 4.98 Å². The van der Waals surface area contributed by atoms with Gasteiger partial charge in [-0.05, 0) is 42.5 Å². The maximum Gasteiger partial charge on any atom is 0.201 e. The summed E-state index contributed by atoms with van der Waals surface area (Å²) in [4.78, 5) is 18.2. The Labute approximate surface area is 197 Å². The third kappa shape index (κ3) is 3.35. The molecule has 1 saturated carbocycles. The molecule has 0 bridgehead atoms. The van der Waals surface area contributed by atoms with Crippen LogP contribution in [0.25, 0.3) is 44.5 Å². The van der Waals surface area contributed by atoms with Crippen molar-refractivity contribution in [2.45, 2.75) is 24.8 Å². The van der Waals surface area contributed by atoms with Gasteiger partial charge in [-0.3, -0.25) is 9.78 Å². The van der Waals surface area contributed by atoms with E-state index in [1.807, 2.05) is 72.8 Å². The third-order valence-corrected chi connectivity index (χ3v) is 6.92. The Balaban J connectivity index is 1.61. The van der Waals surface area contributed by atoms with Gasteiger partial charge in [0.05, 0.1) is 10.9 Å². The van der Waals surface area contributed by atoms with Gasteiger partial charge in [0.2, 0.25) is 5.43 Å². The van der Waals surface area contributed by atoms with E-state index in [4.69, 9.17) is 10.2 Å². The maximum absolute atomic E-state index is 14.0. The summed E-state index contributed by atoms with van der Waals surface area (Å²) < 4.78 is 6.58. The van der Waals surface area contributed by atoms with Crippen LogP contribution in [0, 0.1) is 0 Å². The molecule has 1 fully saturated rings. The average molecular weight is 445 g/mol. The van der Waals surface area contributed by atoms with E-state index in [0.29, 0.717) is 22.3 Å². The molecule has 2 heterocycles. The molecular weight excluding hydrogens is 420 g/mol. The second kappa shape index (κ2) is 8.08. The Kier molecular flexibility index (Phi) is 4.89. The molecule has 0 radical (unpaired) electrons. The third-order valence-electron chi connectivity index (χ3n) is 6.92. The Bertz CT molecular complexity index is 1530. The summed E-state index contributed by atoms with van der Waals surface area (Å²) in [7, 11) is 0. The largest absolute Gasteiger partial charge is 0.455 e. The first-order chi connectivity index (χ1) is 16.6. The molecule has 1 aliphatic carbocycles. The standard InChI is InChI=1S/C30H24N2O2/c31-30(16-6-17-30)23-14-12-20(13-15-23)26-27(33)25-11-4-10-24(22-9-5-18-32-19-22)29(25)34-28(26)21-7-2-1-3-8-21/h1-5,7-15,18-19H,6,16-17,31H2. The summed E-state index contributed by atoms with van der Waals surface area (Å²) in [5, 5.41) is 0.550. The second-order valence-corrected chi connectivity index (χ2v) is 9.01. The van der Waals surface area contributed by atoms with Gasteiger partial charge in [0, 0.05) is 34.6 Å². The van der Waals surface area contributed by atoms with Crippen molar-refractivity contribution in [3.05, 3.63) is 113 Å². The number of para-hydroxylation sites is 1. The molecule has 0 saturated heterocycles. The monoisotopic (exact) mass is 444 g/mol. The highest BCUT2D eigenvalue weighted by Crippen LogP contribution is 2.40. The first kappa shape index (κ1) is 20.6. The van der Waals surface area contributed by atoms with Gasteiger partial charge in [-0.2, -0.15) is 0 Å². The van der Waals surface area contributed by atoms with Crippen LogP contribution in [0.1, 0.15) is 24.8 Å². The fraction of sp³-hybridized carbons (Fsp3) is 0.133. The molecule has 1 aliphatic rings. The quantitative estimate of drug-likeness (QED) is 0.342. The van der Waals surface area contributed by atoms with Gasteiger partial charge in [-0.15, -0.1) is 0 Å². The van der Waals surface area contributed by atoms with Crippen LogP contribution in [0.15, 0.2) is 107 Å². The zero-order valence-electron chi connectivity index (χ0n) is 18.7. The number of rotatable bonds is 4. The molecule has 3 aromatic carbocycles. The Morgan fingerprint density at radius 2 is 1.56 bits per heavy atom. The van der Waals surface area contributed by atoms with Crippen molar-refractivity contribution in [3.8, 4) is 33.6 Å². The molecule has 5 aromatic rings. The highest BCUT2D eigenvalue weighted by atomic mass is 16.3. The molecule has 4 heteroatoms. The summed E-state index contributed by atoms with van der Waals surface area (Å²) in [6, 6.07) is 27.4. The van der Waals surface area contributed by atoms with E-state index in [1.165, 1.54) is 0 Å². The lowest BCUT2D eigenvalue weighted by atomic mass is 9.72. The SMILES string of the molecule is NC1(c2ccc(-c3c(-c4ccccc4)oc4c(-c5cccnc5)cccc4c3=O)cc2)CCC1. The van der Waals surface area contributed by atoms with E-state index in [0.717, 1.165) is 47.1 Å². The summed E-state index contributed by atoms with van der Waals surface area (Å²) in [6.45, 7) is 0. The van der Waals surface area contributed by atoms with Crippen molar-refractivity contribution in [3.63, 3.8) is 0 Å². The summed E-state index contributed by atoms with van der Waals surface area (Å²) in [6.07, 6.45) is 6.67. The number of fused-ring (bicyclic) bond motifs is 1. The van der Waals surface area contributed by atoms with Crippen molar-refractivity contribution in [2.24, 2.45) is 5.73 Å². The number of nitrogens with zero attached hydrogens (tertiary/aromatic N) is 1. The van der Waals surface area contributed by atoms with Crippen molar-refractivity contribution in [1.82, 2.24) is 4.98 Å². The van der Waals surface area contributed by atoms with Crippen LogP contribution in [0.5, 0.6) is 0 Å². The van der Waals surface area contributed by atoms with E-state index < -0.39 is 0 Å². The number of benzene rings is 3. The molecule has 0 unspecified atom stereocenters. The molecule has 4 nitrogen and oxygen atoms in total. The maximum atomic E-state index is 14.0. The van der Waals surface area contributed by atoms with Crippen molar-refractivity contribution in [2.75, 3.05) is 0 Å². The molecule has 2 aromatic heterocycles. The predicted molar refractivity (Wildman–Crippen MR) is 136 cm³/mol. The first-order valence-corrected chi connectivity index (χ1v) is 11.6. The number of hydrogen-bond donors (Lipinski definition) is 1. The molecule has 0 atom stereocenters. The lowest BCUT2D eigenvalue weighted by molar-refractivity contribution is 0.253. The fourth-order valence-electron chi connectivity index (χ4n) is 4.84. The normalized spacial score (nSPS) is 14.6. The molecular formula is C30H24N2O2. The van der Waals surface area contributed by atoms with Crippen molar-refractivity contribution < 1.29 is 4.42 Å². The Morgan fingerprint density at radius 3 is 2.24 bits per heavy atom. The zero-order chi connectivity index (χ0) is 23.1. The van der Waals surface area contributed by atoms with E-state index in [1.54, 1.807) is 12.4 Å². The average Bonchev–Trinajstić information content (AvgIpc) is 2.88. The second-order valence-electron chi connectivity index (χ2n) is 9.01. The minimum atomic E-state index is -0.243. The minimum absolute atomic E-state index is 0.0512. The van der Waals surface area contributed by atoms with Crippen LogP contribution in [-0.2, 0) is 5.54 Å². The smallest absolute Gasteiger partial charge is 0.201 e. The molecule has 0 spiro atoms. The summed E-state index contributed by atoms with van der Waals surface area (Å²) in [5.41, 5.74) is 11.9. The van der Waals surface area contributed by atoms with Gasteiger partial charge in [0.1, 0.15) is 11.3 Å². The molecule has 34 heavy (non-hydrogen) atoms. The highest BCUT2D eigenvalue weighted by Gasteiger charge is 2.34. The predicted octanol–water partition coefficient (Wildman–Crippen LogP) is 6.53. The van der Waals surface area contributed by atoms with E-state index in [2.05, 4.69) is 17.1 Å². The number of pyridine rings is 1. The lowest BCUT2D eigenvalue weighted by Crippen LogP contribution is -2.43. The zero-order valence-corrected chi connectivity index (χ0v) is 18.7. The van der Waals surface area contributed by atoms with E-state index >= 15 is 0 Å². The van der Waals surface area contributed by atoms with Crippen LogP contribution in [0.3, 0.4) is 0 Å².